The lowest BCUT2D eigenvalue weighted by molar-refractivity contribution is 0.211. The van der Waals surface area contributed by atoms with Crippen molar-refractivity contribution in [2.75, 3.05) is 25.2 Å². The Kier molecular flexibility index (Phi) is 5.96. The fourth-order valence-corrected chi connectivity index (χ4v) is 6.31. The van der Waals surface area contributed by atoms with Crippen molar-refractivity contribution in [1.82, 2.24) is 4.31 Å². The SMILES string of the molecule is CCONc1c2ccccc2c(N=O)c2ccc(S(=O)(=O)N3CC(C)CC(C)C3)cc12. The first-order valence-corrected chi connectivity index (χ1v) is 12.0. The molecule has 164 valence electrons. The molecule has 0 saturated carbocycles. The molecule has 0 radical (unpaired) electrons. The van der Waals surface area contributed by atoms with Crippen LogP contribution in [0.3, 0.4) is 0 Å². The van der Waals surface area contributed by atoms with E-state index in [0.29, 0.717) is 53.4 Å². The number of benzene rings is 3. The number of sulfonamides is 1. The minimum Gasteiger partial charge on any atom is -0.276 e. The van der Waals surface area contributed by atoms with Crippen LogP contribution in [0, 0.1) is 16.7 Å². The van der Waals surface area contributed by atoms with Gasteiger partial charge in [0.05, 0.1) is 17.2 Å². The van der Waals surface area contributed by atoms with Crippen molar-refractivity contribution < 1.29 is 13.3 Å². The van der Waals surface area contributed by atoms with Gasteiger partial charge in [0.2, 0.25) is 10.0 Å². The molecule has 8 heteroatoms. The number of anilines is 1. The van der Waals surface area contributed by atoms with Crippen LogP contribution < -0.4 is 5.48 Å². The molecule has 0 amide bonds. The van der Waals surface area contributed by atoms with Crippen molar-refractivity contribution >= 4 is 42.9 Å². The quantitative estimate of drug-likeness (QED) is 0.313. The zero-order chi connectivity index (χ0) is 22.2. The molecule has 1 heterocycles. The van der Waals surface area contributed by atoms with Crippen LogP contribution in [-0.2, 0) is 14.9 Å². The van der Waals surface area contributed by atoms with Gasteiger partial charge in [-0.05, 0) is 42.5 Å². The summed E-state index contributed by atoms with van der Waals surface area (Å²) in [6, 6.07) is 12.2. The summed E-state index contributed by atoms with van der Waals surface area (Å²) in [7, 11) is -3.67. The lowest BCUT2D eigenvalue weighted by Gasteiger charge is -2.34. The average Bonchev–Trinajstić information content (AvgIpc) is 2.75. The standard InChI is InChI=1S/C23H27N3O4S/c1-4-30-25-23-19-8-6-5-7-18(19)22(24-27)20-10-9-17(12-21(20)23)31(28,29)26-13-15(2)11-16(3)14-26/h5-10,12,15-16,25H,4,11,13-14H2,1-3H3. The molecular formula is C23H27N3O4S. The van der Waals surface area contributed by atoms with Crippen LogP contribution in [0.5, 0.6) is 0 Å². The number of nitroso groups, excluding NO2 is 1. The van der Waals surface area contributed by atoms with Crippen LogP contribution in [0.4, 0.5) is 11.4 Å². The van der Waals surface area contributed by atoms with Crippen LogP contribution >= 0.6 is 0 Å². The van der Waals surface area contributed by atoms with Gasteiger partial charge in [-0.15, -0.1) is 4.91 Å². The lowest BCUT2D eigenvalue weighted by Crippen LogP contribution is -2.42. The van der Waals surface area contributed by atoms with E-state index in [0.717, 1.165) is 11.8 Å². The average molecular weight is 442 g/mol. The molecule has 1 saturated heterocycles. The third-order valence-electron chi connectivity index (χ3n) is 5.85. The van der Waals surface area contributed by atoms with Gasteiger partial charge in [0.1, 0.15) is 5.69 Å². The first-order chi connectivity index (χ1) is 14.9. The molecule has 2 atom stereocenters. The zero-order valence-electron chi connectivity index (χ0n) is 18.0. The lowest BCUT2D eigenvalue weighted by atomic mass is 9.94. The smallest absolute Gasteiger partial charge is 0.243 e. The van der Waals surface area contributed by atoms with Crippen LogP contribution in [-0.4, -0.2) is 32.4 Å². The number of hydrogen-bond acceptors (Lipinski definition) is 6. The maximum Gasteiger partial charge on any atom is 0.243 e. The van der Waals surface area contributed by atoms with Crippen molar-refractivity contribution in [2.24, 2.45) is 17.0 Å². The van der Waals surface area contributed by atoms with Crippen molar-refractivity contribution in [3.8, 4) is 0 Å². The second-order valence-corrected chi connectivity index (χ2v) is 10.3. The highest BCUT2D eigenvalue weighted by molar-refractivity contribution is 7.89. The minimum absolute atomic E-state index is 0.202. The Hall–Kier alpha value is -2.55. The highest BCUT2D eigenvalue weighted by Gasteiger charge is 2.32. The predicted molar refractivity (Wildman–Crippen MR) is 124 cm³/mol. The van der Waals surface area contributed by atoms with E-state index >= 15 is 0 Å². The maximum atomic E-state index is 13.5. The first-order valence-electron chi connectivity index (χ1n) is 10.6. The third-order valence-corrected chi connectivity index (χ3v) is 7.68. The summed E-state index contributed by atoms with van der Waals surface area (Å²) in [5.41, 5.74) is 3.86. The largest absolute Gasteiger partial charge is 0.276 e. The van der Waals surface area contributed by atoms with Gasteiger partial charge in [0, 0.05) is 34.6 Å². The highest BCUT2D eigenvalue weighted by Crippen LogP contribution is 2.42. The van der Waals surface area contributed by atoms with Crippen LogP contribution in [0.2, 0.25) is 0 Å². The van der Waals surface area contributed by atoms with Gasteiger partial charge < -0.3 is 0 Å². The molecule has 0 bridgehead atoms. The molecule has 1 N–H and O–H groups in total. The molecule has 3 aromatic rings. The molecule has 3 aromatic carbocycles. The van der Waals surface area contributed by atoms with Gasteiger partial charge in [-0.2, -0.15) is 4.31 Å². The van der Waals surface area contributed by atoms with Crippen molar-refractivity contribution in [2.45, 2.75) is 32.1 Å². The molecule has 1 aliphatic rings. The van der Waals surface area contributed by atoms with E-state index < -0.39 is 10.0 Å². The molecule has 0 spiro atoms. The molecule has 4 rings (SSSR count). The van der Waals surface area contributed by atoms with Gasteiger partial charge in [-0.3, -0.25) is 10.3 Å². The normalized spacial score (nSPS) is 20.2. The second-order valence-electron chi connectivity index (χ2n) is 8.37. The Bertz CT molecular complexity index is 1230. The molecule has 1 fully saturated rings. The van der Waals surface area contributed by atoms with Gasteiger partial charge in [-0.25, -0.2) is 8.42 Å². The summed E-state index contributed by atoms with van der Waals surface area (Å²) < 4.78 is 28.5. The Morgan fingerprint density at radius 2 is 1.68 bits per heavy atom. The highest BCUT2D eigenvalue weighted by atomic mass is 32.2. The van der Waals surface area contributed by atoms with Crippen molar-refractivity contribution in [3.05, 3.63) is 47.4 Å². The minimum atomic E-state index is -3.67. The van der Waals surface area contributed by atoms with E-state index in [1.807, 2.05) is 31.2 Å². The summed E-state index contributed by atoms with van der Waals surface area (Å²) >= 11 is 0. The number of nitrogens with zero attached hydrogens (tertiary/aromatic N) is 2. The molecule has 2 unspecified atom stereocenters. The summed E-state index contributed by atoms with van der Waals surface area (Å²) in [5, 5.41) is 5.86. The summed E-state index contributed by atoms with van der Waals surface area (Å²) in [5.74, 6) is 0.618. The summed E-state index contributed by atoms with van der Waals surface area (Å²) in [6.45, 7) is 7.45. The molecule has 7 nitrogen and oxygen atoms in total. The maximum absolute atomic E-state index is 13.5. The number of nitrogens with one attached hydrogen (secondary N) is 1. The van der Waals surface area contributed by atoms with E-state index in [9.17, 15) is 13.3 Å². The monoisotopic (exact) mass is 441 g/mol. The Balaban J connectivity index is 1.94. The summed E-state index contributed by atoms with van der Waals surface area (Å²) in [4.78, 5) is 17.4. The van der Waals surface area contributed by atoms with Crippen molar-refractivity contribution in [1.29, 1.82) is 0 Å². The molecule has 1 aliphatic heterocycles. The molecule has 0 aliphatic carbocycles. The van der Waals surface area contributed by atoms with Gasteiger partial charge in [0.25, 0.3) is 0 Å². The summed E-state index contributed by atoms with van der Waals surface area (Å²) in [6.07, 6.45) is 1.02. The van der Waals surface area contributed by atoms with E-state index in [1.54, 1.807) is 22.5 Å². The Morgan fingerprint density at radius 3 is 2.32 bits per heavy atom. The topological polar surface area (TPSA) is 88.1 Å². The van der Waals surface area contributed by atoms with Gasteiger partial charge in [-0.1, -0.05) is 44.2 Å². The Labute approximate surface area is 182 Å². The van der Waals surface area contributed by atoms with E-state index in [2.05, 4.69) is 24.5 Å². The first kappa shape index (κ1) is 21.7. The zero-order valence-corrected chi connectivity index (χ0v) is 18.8. The molecule has 31 heavy (non-hydrogen) atoms. The second kappa shape index (κ2) is 8.53. The molecule has 0 aromatic heterocycles. The third kappa shape index (κ3) is 3.91. The van der Waals surface area contributed by atoms with E-state index in [1.165, 1.54) is 0 Å². The van der Waals surface area contributed by atoms with Gasteiger partial charge in [0.15, 0.2) is 0 Å². The molecular weight excluding hydrogens is 414 g/mol. The number of piperidine rings is 1. The van der Waals surface area contributed by atoms with E-state index in [-0.39, 0.29) is 10.6 Å². The van der Waals surface area contributed by atoms with Crippen molar-refractivity contribution in [3.63, 3.8) is 0 Å². The number of rotatable bonds is 6. The van der Waals surface area contributed by atoms with Crippen LogP contribution in [0.1, 0.15) is 27.2 Å². The fourth-order valence-electron chi connectivity index (χ4n) is 4.60. The van der Waals surface area contributed by atoms with Crippen LogP contribution in [0.15, 0.2) is 52.5 Å². The Morgan fingerprint density at radius 1 is 1.03 bits per heavy atom. The van der Waals surface area contributed by atoms with Crippen LogP contribution in [0.25, 0.3) is 21.5 Å². The number of fused-ring (bicyclic) bond motifs is 2. The number of hydrogen-bond donors (Lipinski definition) is 1. The van der Waals surface area contributed by atoms with Gasteiger partial charge >= 0.3 is 0 Å². The van der Waals surface area contributed by atoms with E-state index in [4.69, 9.17) is 4.84 Å². The fraction of sp³-hybridized carbons (Fsp3) is 0.391. The predicted octanol–water partition coefficient (Wildman–Crippen LogP) is 5.42.